The maximum atomic E-state index is 12.7. The van der Waals surface area contributed by atoms with E-state index in [0.29, 0.717) is 19.6 Å². The monoisotopic (exact) mass is 303 g/mol. The number of carboxylic acids is 1. The van der Waals surface area contributed by atoms with E-state index in [0.717, 1.165) is 0 Å². The van der Waals surface area contributed by atoms with Gasteiger partial charge in [-0.2, -0.15) is 9.40 Å². The summed E-state index contributed by atoms with van der Waals surface area (Å²) in [5.74, 6) is -1.37. The first-order chi connectivity index (χ1) is 9.39. The van der Waals surface area contributed by atoms with Crippen LogP contribution in [0.1, 0.15) is 29.5 Å². The molecule has 1 fully saturated rings. The molecule has 1 aliphatic rings. The molecule has 1 atom stereocenters. The van der Waals surface area contributed by atoms with E-state index in [4.69, 9.17) is 9.84 Å². The maximum Gasteiger partial charge on any atom is 0.357 e. The van der Waals surface area contributed by atoms with Crippen molar-refractivity contribution in [1.82, 2.24) is 14.5 Å². The van der Waals surface area contributed by atoms with Crippen molar-refractivity contribution < 1.29 is 23.1 Å². The number of rotatable bonds is 4. The van der Waals surface area contributed by atoms with Crippen LogP contribution >= 0.6 is 0 Å². The van der Waals surface area contributed by atoms with E-state index in [2.05, 4.69) is 10.2 Å². The number of aromatic carboxylic acids is 1. The molecule has 1 unspecified atom stereocenters. The third kappa shape index (κ3) is 2.43. The van der Waals surface area contributed by atoms with Crippen molar-refractivity contribution in [2.24, 2.45) is 0 Å². The molecular weight excluding hydrogens is 286 g/mol. The summed E-state index contributed by atoms with van der Waals surface area (Å²) < 4.78 is 32.0. The summed E-state index contributed by atoms with van der Waals surface area (Å²) in [4.78, 5) is 10.9. The van der Waals surface area contributed by atoms with Gasteiger partial charge in [0.25, 0.3) is 0 Å². The standard InChI is InChI=1S/C11H17N3O5S/c1-3-8-6-19-5-4-14(8)20(17,18)10-7(2)12-13-9(10)11(15)16/h8H,3-6H2,1-2H3,(H,12,13)(H,15,16). The normalized spacial score (nSPS) is 21.0. The summed E-state index contributed by atoms with van der Waals surface area (Å²) in [7, 11) is -3.91. The molecule has 0 saturated carbocycles. The molecule has 1 saturated heterocycles. The lowest BCUT2D eigenvalue weighted by atomic mass is 10.2. The number of nitrogens with one attached hydrogen (secondary N) is 1. The van der Waals surface area contributed by atoms with Gasteiger partial charge >= 0.3 is 5.97 Å². The third-order valence-corrected chi connectivity index (χ3v) is 5.42. The van der Waals surface area contributed by atoms with Crippen molar-refractivity contribution in [2.75, 3.05) is 19.8 Å². The highest BCUT2D eigenvalue weighted by molar-refractivity contribution is 7.89. The SMILES string of the molecule is CCC1COCCN1S(=O)(=O)c1c(C(=O)O)n[nH]c1C. The van der Waals surface area contributed by atoms with Gasteiger partial charge < -0.3 is 9.84 Å². The zero-order valence-corrected chi connectivity index (χ0v) is 12.1. The number of aromatic nitrogens is 2. The minimum Gasteiger partial charge on any atom is -0.476 e. The zero-order valence-electron chi connectivity index (χ0n) is 11.3. The molecule has 0 aliphatic carbocycles. The fraction of sp³-hybridized carbons (Fsp3) is 0.636. The molecule has 0 aromatic carbocycles. The van der Waals surface area contributed by atoms with Crippen LogP contribution in [0.4, 0.5) is 0 Å². The molecule has 1 aliphatic heterocycles. The number of aryl methyl sites for hydroxylation is 1. The molecule has 9 heteroatoms. The summed E-state index contributed by atoms with van der Waals surface area (Å²) in [6.45, 7) is 4.19. The first kappa shape index (κ1) is 14.9. The predicted octanol–water partition coefficient (Wildman–Crippen LogP) is 0.216. The van der Waals surface area contributed by atoms with Crippen LogP contribution in [0, 0.1) is 6.92 Å². The summed E-state index contributed by atoms with van der Waals surface area (Å²) in [6.07, 6.45) is 0.596. The highest BCUT2D eigenvalue weighted by Crippen LogP contribution is 2.26. The Hall–Kier alpha value is -1.45. The number of H-pyrrole nitrogens is 1. The Morgan fingerprint density at radius 1 is 1.60 bits per heavy atom. The number of morpholine rings is 1. The topological polar surface area (TPSA) is 113 Å². The second-order valence-corrected chi connectivity index (χ2v) is 6.41. The van der Waals surface area contributed by atoms with Gasteiger partial charge in [-0.1, -0.05) is 6.92 Å². The number of hydrogen-bond donors (Lipinski definition) is 2. The van der Waals surface area contributed by atoms with Gasteiger partial charge in [0.15, 0.2) is 5.69 Å². The first-order valence-electron chi connectivity index (χ1n) is 6.27. The minimum atomic E-state index is -3.91. The summed E-state index contributed by atoms with van der Waals surface area (Å²) in [5.41, 5.74) is -0.243. The Balaban J connectivity index is 2.49. The van der Waals surface area contributed by atoms with E-state index < -0.39 is 21.7 Å². The van der Waals surface area contributed by atoms with Crippen LogP contribution in [0.2, 0.25) is 0 Å². The largest absolute Gasteiger partial charge is 0.476 e. The van der Waals surface area contributed by atoms with Gasteiger partial charge in [-0.25, -0.2) is 13.2 Å². The Labute approximate surface area is 116 Å². The van der Waals surface area contributed by atoms with Gasteiger partial charge in [0.1, 0.15) is 4.90 Å². The zero-order chi connectivity index (χ0) is 14.9. The second kappa shape index (κ2) is 5.51. The Morgan fingerprint density at radius 3 is 2.90 bits per heavy atom. The molecule has 8 nitrogen and oxygen atoms in total. The highest BCUT2D eigenvalue weighted by atomic mass is 32.2. The quantitative estimate of drug-likeness (QED) is 0.822. The Kier molecular flexibility index (Phi) is 4.11. The van der Waals surface area contributed by atoms with Gasteiger partial charge in [-0.3, -0.25) is 5.10 Å². The van der Waals surface area contributed by atoms with Gasteiger partial charge in [0.05, 0.1) is 18.9 Å². The number of nitrogens with zero attached hydrogens (tertiary/aromatic N) is 2. The summed E-state index contributed by atoms with van der Waals surface area (Å²) in [5, 5.41) is 15.1. The van der Waals surface area contributed by atoms with Crippen molar-refractivity contribution in [2.45, 2.75) is 31.2 Å². The number of aromatic amines is 1. The minimum absolute atomic E-state index is 0.213. The average Bonchev–Trinajstić information content (AvgIpc) is 2.81. The van der Waals surface area contributed by atoms with Crippen molar-refractivity contribution in [3.05, 3.63) is 11.4 Å². The summed E-state index contributed by atoms with van der Waals surface area (Å²) in [6, 6.07) is -0.287. The Morgan fingerprint density at radius 2 is 2.30 bits per heavy atom. The molecule has 1 aromatic heterocycles. The molecule has 2 N–H and O–H groups in total. The number of carbonyl (C=O) groups is 1. The fourth-order valence-electron chi connectivity index (χ4n) is 2.27. The predicted molar refractivity (Wildman–Crippen MR) is 69.1 cm³/mol. The van der Waals surface area contributed by atoms with Crippen LogP contribution < -0.4 is 0 Å². The molecule has 2 rings (SSSR count). The van der Waals surface area contributed by atoms with Gasteiger partial charge in [-0.15, -0.1) is 0 Å². The molecule has 112 valence electrons. The second-order valence-electron chi connectivity index (χ2n) is 4.58. The first-order valence-corrected chi connectivity index (χ1v) is 7.71. The van der Waals surface area contributed by atoms with Gasteiger partial charge in [0, 0.05) is 12.6 Å². The lowest BCUT2D eigenvalue weighted by Crippen LogP contribution is -2.48. The van der Waals surface area contributed by atoms with Crippen molar-refractivity contribution in [1.29, 1.82) is 0 Å². The highest BCUT2D eigenvalue weighted by Gasteiger charge is 2.38. The van der Waals surface area contributed by atoms with Gasteiger partial charge in [0.2, 0.25) is 10.0 Å². The number of hydrogen-bond acceptors (Lipinski definition) is 5. The van der Waals surface area contributed by atoms with Crippen molar-refractivity contribution in [3.63, 3.8) is 0 Å². The molecule has 20 heavy (non-hydrogen) atoms. The lowest BCUT2D eigenvalue weighted by Gasteiger charge is -2.33. The van der Waals surface area contributed by atoms with E-state index in [1.165, 1.54) is 11.2 Å². The molecule has 1 aromatic rings. The number of carboxylic acid groups (broad SMARTS) is 1. The smallest absolute Gasteiger partial charge is 0.357 e. The average molecular weight is 303 g/mol. The van der Waals surface area contributed by atoms with Crippen LogP contribution in [-0.4, -0.2) is 59.8 Å². The van der Waals surface area contributed by atoms with E-state index >= 15 is 0 Å². The lowest BCUT2D eigenvalue weighted by molar-refractivity contribution is 0.0313. The van der Waals surface area contributed by atoms with E-state index in [1.54, 1.807) is 0 Å². The van der Waals surface area contributed by atoms with E-state index in [1.807, 2.05) is 6.92 Å². The van der Waals surface area contributed by atoms with Crippen molar-refractivity contribution >= 4 is 16.0 Å². The molecule has 0 radical (unpaired) electrons. The maximum absolute atomic E-state index is 12.7. The molecular formula is C11H17N3O5S. The summed E-state index contributed by atoms with van der Waals surface area (Å²) >= 11 is 0. The number of ether oxygens (including phenoxy) is 1. The molecule has 0 amide bonds. The van der Waals surface area contributed by atoms with Crippen LogP contribution in [0.15, 0.2) is 4.90 Å². The molecule has 2 heterocycles. The van der Waals surface area contributed by atoms with Crippen LogP contribution in [-0.2, 0) is 14.8 Å². The number of sulfonamides is 1. The third-order valence-electron chi connectivity index (χ3n) is 3.31. The Bertz CT molecular complexity index is 610. The van der Waals surface area contributed by atoms with Gasteiger partial charge in [-0.05, 0) is 13.3 Å². The van der Waals surface area contributed by atoms with Crippen molar-refractivity contribution in [3.8, 4) is 0 Å². The van der Waals surface area contributed by atoms with Crippen LogP contribution in [0.5, 0.6) is 0 Å². The van der Waals surface area contributed by atoms with E-state index in [9.17, 15) is 13.2 Å². The van der Waals surface area contributed by atoms with Crippen LogP contribution in [0.3, 0.4) is 0 Å². The fourth-order valence-corrected chi connectivity index (χ4v) is 4.24. The molecule has 0 bridgehead atoms. The molecule has 0 spiro atoms. The van der Waals surface area contributed by atoms with Crippen LogP contribution in [0.25, 0.3) is 0 Å². The van der Waals surface area contributed by atoms with E-state index in [-0.39, 0.29) is 23.2 Å².